The first-order valence-electron chi connectivity index (χ1n) is 9.71. The van der Waals surface area contributed by atoms with Gasteiger partial charge < -0.3 is 24.5 Å². The molecule has 0 spiro atoms. The van der Waals surface area contributed by atoms with E-state index in [-0.39, 0.29) is 11.8 Å². The summed E-state index contributed by atoms with van der Waals surface area (Å²) in [5.41, 5.74) is 3.05. The fraction of sp³-hybridized carbons (Fsp3) is 0.348. The summed E-state index contributed by atoms with van der Waals surface area (Å²) in [6.45, 7) is 2.53. The predicted octanol–water partition coefficient (Wildman–Crippen LogP) is 4.05. The molecule has 0 unspecified atom stereocenters. The van der Waals surface area contributed by atoms with Gasteiger partial charge in [0, 0.05) is 29.8 Å². The van der Waals surface area contributed by atoms with E-state index < -0.39 is 0 Å². The Bertz CT molecular complexity index is 963. The van der Waals surface area contributed by atoms with E-state index in [1.807, 2.05) is 43.3 Å². The van der Waals surface area contributed by atoms with Crippen LogP contribution in [0.5, 0.6) is 17.2 Å². The molecule has 0 bridgehead atoms. The van der Waals surface area contributed by atoms with E-state index in [9.17, 15) is 4.79 Å². The molecule has 154 valence electrons. The third-order valence-corrected chi connectivity index (χ3v) is 5.12. The zero-order chi connectivity index (χ0) is 20.8. The summed E-state index contributed by atoms with van der Waals surface area (Å²) in [7, 11) is 4.92. The van der Waals surface area contributed by atoms with Gasteiger partial charge in [0.25, 0.3) is 0 Å². The highest BCUT2D eigenvalue weighted by Crippen LogP contribution is 2.31. The minimum Gasteiger partial charge on any atom is -0.497 e. The first-order chi connectivity index (χ1) is 14.0. The number of amides is 1. The molecule has 0 aliphatic carbocycles. The molecule has 3 aromatic rings. The lowest BCUT2D eigenvalue weighted by molar-refractivity contribution is -0.122. The number of carbonyl (C=O) groups is 1. The van der Waals surface area contributed by atoms with Gasteiger partial charge in [-0.1, -0.05) is 12.1 Å². The molecule has 29 heavy (non-hydrogen) atoms. The number of methoxy groups -OCH3 is 3. The fourth-order valence-corrected chi connectivity index (χ4v) is 3.35. The minimum absolute atomic E-state index is 0.0261. The monoisotopic (exact) mass is 396 g/mol. The van der Waals surface area contributed by atoms with Crippen LogP contribution in [-0.2, 0) is 11.2 Å². The van der Waals surface area contributed by atoms with E-state index in [0.717, 1.165) is 52.3 Å². The lowest BCUT2D eigenvalue weighted by atomic mass is 10.0. The quantitative estimate of drug-likeness (QED) is 0.535. The molecule has 1 atom stereocenters. The van der Waals surface area contributed by atoms with Crippen LogP contribution in [0, 0.1) is 0 Å². The normalized spacial score (nSPS) is 11.9. The maximum Gasteiger partial charge on any atom is 0.227 e. The van der Waals surface area contributed by atoms with Crippen LogP contribution in [0.2, 0.25) is 0 Å². The van der Waals surface area contributed by atoms with Gasteiger partial charge in [-0.3, -0.25) is 4.79 Å². The van der Waals surface area contributed by atoms with Crippen LogP contribution in [0.4, 0.5) is 0 Å². The van der Waals surface area contributed by atoms with Crippen LogP contribution >= 0.6 is 0 Å². The van der Waals surface area contributed by atoms with Gasteiger partial charge >= 0.3 is 0 Å². The summed E-state index contributed by atoms with van der Waals surface area (Å²) >= 11 is 0. The summed E-state index contributed by atoms with van der Waals surface area (Å²) < 4.78 is 15.9. The molecule has 0 saturated heterocycles. The zero-order valence-electron chi connectivity index (χ0n) is 17.4. The number of aromatic amines is 1. The Balaban J connectivity index is 1.53. The van der Waals surface area contributed by atoms with Crippen molar-refractivity contribution in [3.63, 3.8) is 0 Å². The topological polar surface area (TPSA) is 72.6 Å². The third kappa shape index (κ3) is 4.83. The molecule has 0 saturated carbocycles. The van der Waals surface area contributed by atoms with Crippen molar-refractivity contribution in [2.45, 2.75) is 25.7 Å². The Morgan fingerprint density at radius 1 is 1.00 bits per heavy atom. The minimum atomic E-state index is -0.203. The van der Waals surface area contributed by atoms with Gasteiger partial charge in [0.15, 0.2) is 0 Å². The number of nitrogens with one attached hydrogen (secondary N) is 2. The van der Waals surface area contributed by atoms with Crippen LogP contribution in [0.25, 0.3) is 10.9 Å². The van der Waals surface area contributed by atoms with Gasteiger partial charge in [0.2, 0.25) is 5.91 Å². The first-order valence-corrected chi connectivity index (χ1v) is 9.71. The van der Waals surface area contributed by atoms with Gasteiger partial charge in [-0.15, -0.1) is 0 Å². The Morgan fingerprint density at radius 2 is 1.72 bits per heavy atom. The molecule has 0 radical (unpaired) electrons. The molecule has 2 N–H and O–H groups in total. The zero-order valence-corrected chi connectivity index (χ0v) is 17.4. The largest absolute Gasteiger partial charge is 0.497 e. The highest BCUT2D eigenvalue weighted by molar-refractivity contribution is 5.88. The molecular formula is C23H28N2O4. The third-order valence-electron chi connectivity index (χ3n) is 5.12. The number of carbonyl (C=O) groups excluding carboxylic acids is 1. The number of rotatable bonds is 9. The Hall–Kier alpha value is -3.15. The molecule has 3 rings (SSSR count). The number of H-pyrrole nitrogens is 1. The lowest BCUT2D eigenvalue weighted by Crippen LogP contribution is -2.29. The van der Waals surface area contributed by atoms with Gasteiger partial charge in [0.1, 0.15) is 17.2 Å². The molecule has 0 aliphatic rings. The standard InChI is InChI=1S/C23H28N2O4/c1-15(16-7-9-18(27-2)10-8-16)23(26)24-11-5-6-17-12-20-21(25-17)13-19(28-3)14-22(20)29-4/h7-10,12-15,25H,5-6,11H2,1-4H3,(H,24,26)/t15-/m1/s1. The van der Waals surface area contributed by atoms with Crippen molar-refractivity contribution in [3.8, 4) is 17.2 Å². The van der Waals surface area contributed by atoms with Crippen molar-refractivity contribution < 1.29 is 19.0 Å². The smallest absolute Gasteiger partial charge is 0.227 e. The van der Waals surface area contributed by atoms with Gasteiger partial charge in [0.05, 0.1) is 32.8 Å². The van der Waals surface area contributed by atoms with Gasteiger partial charge in [-0.25, -0.2) is 0 Å². The van der Waals surface area contributed by atoms with Crippen molar-refractivity contribution in [2.75, 3.05) is 27.9 Å². The number of hydrogen-bond acceptors (Lipinski definition) is 4. The van der Waals surface area contributed by atoms with Crippen molar-refractivity contribution in [3.05, 3.63) is 53.7 Å². The average Bonchev–Trinajstić information content (AvgIpc) is 3.18. The second kappa shape index (κ2) is 9.37. The van der Waals surface area contributed by atoms with Gasteiger partial charge in [-0.05, 0) is 43.5 Å². The second-order valence-electron chi connectivity index (χ2n) is 6.97. The number of hydrogen-bond donors (Lipinski definition) is 2. The molecule has 6 heteroatoms. The summed E-state index contributed by atoms with van der Waals surface area (Å²) in [4.78, 5) is 15.8. The lowest BCUT2D eigenvalue weighted by Gasteiger charge is -2.13. The Morgan fingerprint density at radius 3 is 2.38 bits per heavy atom. The van der Waals surface area contributed by atoms with Crippen molar-refractivity contribution in [2.24, 2.45) is 0 Å². The van der Waals surface area contributed by atoms with E-state index in [1.54, 1.807) is 21.3 Å². The Kier molecular flexibility index (Phi) is 6.65. The maximum atomic E-state index is 12.4. The van der Waals surface area contributed by atoms with E-state index in [0.29, 0.717) is 6.54 Å². The van der Waals surface area contributed by atoms with Crippen LogP contribution in [-0.4, -0.2) is 38.8 Å². The van der Waals surface area contributed by atoms with Crippen molar-refractivity contribution in [1.82, 2.24) is 10.3 Å². The molecule has 0 fully saturated rings. The van der Waals surface area contributed by atoms with Crippen LogP contribution < -0.4 is 19.5 Å². The number of aromatic nitrogens is 1. The molecule has 1 aromatic heterocycles. The molecule has 6 nitrogen and oxygen atoms in total. The summed E-state index contributed by atoms with van der Waals surface area (Å²) in [5, 5.41) is 4.05. The number of benzene rings is 2. The number of fused-ring (bicyclic) bond motifs is 1. The summed E-state index contributed by atoms with van der Waals surface area (Å²) in [6, 6.07) is 13.5. The van der Waals surface area contributed by atoms with E-state index in [2.05, 4.69) is 16.4 Å². The average molecular weight is 396 g/mol. The van der Waals surface area contributed by atoms with Crippen molar-refractivity contribution in [1.29, 1.82) is 0 Å². The highest BCUT2D eigenvalue weighted by Gasteiger charge is 2.15. The predicted molar refractivity (Wildman–Crippen MR) is 114 cm³/mol. The molecule has 1 heterocycles. The maximum absolute atomic E-state index is 12.4. The molecule has 0 aliphatic heterocycles. The highest BCUT2D eigenvalue weighted by atomic mass is 16.5. The first kappa shape index (κ1) is 20.6. The summed E-state index contributed by atoms with van der Waals surface area (Å²) in [5.74, 6) is 2.14. The van der Waals surface area contributed by atoms with Gasteiger partial charge in [-0.2, -0.15) is 0 Å². The van der Waals surface area contributed by atoms with Crippen molar-refractivity contribution >= 4 is 16.8 Å². The number of aryl methyl sites for hydroxylation is 1. The molecular weight excluding hydrogens is 368 g/mol. The Labute approximate surface area is 171 Å². The van der Waals surface area contributed by atoms with E-state index in [4.69, 9.17) is 14.2 Å². The van der Waals surface area contributed by atoms with E-state index >= 15 is 0 Å². The molecule has 2 aromatic carbocycles. The fourth-order valence-electron chi connectivity index (χ4n) is 3.35. The number of ether oxygens (including phenoxy) is 3. The SMILES string of the molecule is COc1ccc([C@@H](C)C(=O)NCCCc2cc3c(OC)cc(OC)cc3[nH]2)cc1. The van der Waals surface area contributed by atoms with Crippen LogP contribution in [0.3, 0.4) is 0 Å². The second-order valence-corrected chi connectivity index (χ2v) is 6.97. The van der Waals surface area contributed by atoms with Crippen LogP contribution in [0.15, 0.2) is 42.5 Å². The van der Waals surface area contributed by atoms with Crippen LogP contribution in [0.1, 0.15) is 30.5 Å². The summed E-state index contributed by atoms with van der Waals surface area (Å²) in [6.07, 6.45) is 1.67. The molecule has 1 amide bonds. The van der Waals surface area contributed by atoms with E-state index in [1.165, 1.54) is 0 Å².